The van der Waals surface area contributed by atoms with Gasteiger partial charge in [0.05, 0.1) is 5.75 Å². The fourth-order valence-electron chi connectivity index (χ4n) is 1.43. The summed E-state index contributed by atoms with van der Waals surface area (Å²) in [6.45, 7) is 11.6. The minimum absolute atomic E-state index is 0.00123. The van der Waals surface area contributed by atoms with Crippen LogP contribution in [0.25, 0.3) is 0 Å². The summed E-state index contributed by atoms with van der Waals surface area (Å²) in [5, 5.41) is 3.12. The van der Waals surface area contributed by atoms with E-state index in [0.717, 1.165) is 13.0 Å². The second kappa shape index (κ2) is 6.71. The van der Waals surface area contributed by atoms with Crippen molar-refractivity contribution < 1.29 is 8.42 Å². The molecule has 5 heteroatoms. The molecule has 0 aliphatic heterocycles. The van der Waals surface area contributed by atoms with Crippen molar-refractivity contribution in [1.29, 1.82) is 0 Å². The van der Waals surface area contributed by atoms with Gasteiger partial charge in [-0.25, -0.2) is 12.7 Å². The van der Waals surface area contributed by atoms with Crippen LogP contribution in [0.2, 0.25) is 0 Å². The van der Waals surface area contributed by atoms with Gasteiger partial charge < -0.3 is 5.32 Å². The molecule has 0 aromatic carbocycles. The van der Waals surface area contributed by atoms with Crippen molar-refractivity contribution in [3.63, 3.8) is 0 Å². The molecular weight excluding hydrogens is 236 g/mol. The van der Waals surface area contributed by atoms with Crippen LogP contribution in [-0.4, -0.2) is 44.7 Å². The monoisotopic (exact) mass is 264 g/mol. The Hall–Kier alpha value is -0.130. The smallest absolute Gasteiger partial charge is 0.215 e. The lowest BCUT2D eigenvalue weighted by Crippen LogP contribution is -2.45. The minimum atomic E-state index is -3.15. The molecule has 1 atom stereocenters. The highest BCUT2D eigenvalue weighted by Gasteiger charge is 2.30. The van der Waals surface area contributed by atoms with Crippen LogP contribution in [-0.2, 0) is 10.0 Å². The number of sulfonamides is 1. The average molecular weight is 264 g/mol. The normalized spacial score (nSPS) is 15.2. The summed E-state index contributed by atoms with van der Waals surface area (Å²) in [7, 11) is -1.48. The standard InChI is InChI=1S/C12H28N2O2S/c1-7-8-13-9-10-17(15,16)14(6)11(2)12(3,4)5/h11,13H,7-10H2,1-6H3. The molecule has 1 unspecified atom stereocenters. The number of hydrogen-bond donors (Lipinski definition) is 1. The number of nitrogens with zero attached hydrogens (tertiary/aromatic N) is 1. The van der Waals surface area contributed by atoms with E-state index >= 15 is 0 Å². The molecular formula is C12H28N2O2S. The summed E-state index contributed by atoms with van der Waals surface area (Å²) in [6.07, 6.45) is 1.02. The fourth-order valence-corrected chi connectivity index (χ4v) is 2.92. The third-order valence-corrected chi connectivity index (χ3v) is 5.11. The summed E-state index contributed by atoms with van der Waals surface area (Å²) in [5.41, 5.74) is -0.0430. The lowest BCUT2D eigenvalue weighted by atomic mass is 9.88. The van der Waals surface area contributed by atoms with Gasteiger partial charge >= 0.3 is 0 Å². The SMILES string of the molecule is CCCNCCS(=O)(=O)N(C)C(C)C(C)(C)C. The highest BCUT2D eigenvalue weighted by atomic mass is 32.2. The lowest BCUT2D eigenvalue weighted by molar-refractivity contribution is 0.216. The molecule has 0 rings (SSSR count). The number of hydrogen-bond acceptors (Lipinski definition) is 3. The van der Waals surface area contributed by atoms with Gasteiger partial charge in [-0.2, -0.15) is 0 Å². The minimum Gasteiger partial charge on any atom is -0.316 e. The van der Waals surface area contributed by atoms with Crippen LogP contribution >= 0.6 is 0 Å². The van der Waals surface area contributed by atoms with Gasteiger partial charge in [-0.15, -0.1) is 0 Å². The van der Waals surface area contributed by atoms with Gasteiger partial charge in [0.2, 0.25) is 10.0 Å². The zero-order chi connectivity index (χ0) is 13.7. The largest absolute Gasteiger partial charge is 0.316 e. The molecule has 0 saturated heterocycles. The van der Waals surface area contributed by atoms with Crippen molar-refractivity contribution in [2.45, 2.75) is 47.1 Å². The first-order valence-corrected chi connectivity index (χ1v) is 7.90. The Kier molecular flexibility index (Phi) is 6.66. The van der Waals surface area contributed by atoms with Crippen molar-refractivity contribution in [3.05, 3.63) is 0 Å². The Labute approximate surface area is 107 Å². The quantitative estimate of drug-likeness (QED) is 0.712. The summed E-state index contributed by atoms with van der Waals surface area (Å²) in [5.74, 6) is 0.171. The van der Waals surface area contributed by atoms with Crippen LogP contribution in [0, 0.1) is 5.41 Å². The van der Waals surface area contributed by atoms with Crippen molar-refractivity contribution in [2.24, 2.45) is 5.41 Å². The first kappa shape index (κ1) is 16.9. The summed E-state index contributed by atoms with van der Waals surface area (Å²) in [4.78, 5) is 0. The molecule has 0 saturated carbocycles. The zero-order valence-corrected chi connectivity index (χ0v) is 12.9. The van der Waals surface area contributed by atoms with Crippen molar-refractivity contribution >= 4 is 10.0 Å². The summed E-state index contributed by atoms with van der Waals surface area (Å²) >= 11 is 0. The molecule has 0 bridgehead atoms. The van der Waals surface area contributed by atoms with E-state index in [9.17, 15) is 8.42 Å². The maximum Gasteiger partial charge on any atom is 0.215 e. The molecule has 0 radical (unpaired) electrons. The molecule has 104 valence electrons. The molecule has 0 spiro atoms. The molecule has 0 aromatic heterocycles. The van der Waals surface area contributed by atoms with Crippen molar-refractivity contribution in [1.82, 2.24) is 9.62 Å². The van der Waals surface area contributed by atoms with Crippen LogP contribution in [0.4, 0.5) is 0 Å². The van der Waals surface area contributed by atoms with Gasteiger partial charge in [0.15, 0.2) is 0 Å². The molecule has 0 amide bonds. The van der Waals surface area contributed by atoms with E-state index in [4.69, 9.17) is 0 Å². The topological polar surface area (TPSA) is 49.4 Å². The molecule has 0 aliphatic carbocycles. The highest BCUT2D eigenvalue weighted by Crippen LogP contribution is 2.24. The Balaban J connectivity index is 4.40. The van der Waals surface area contributed by atoms with E-state index < -0.39 is 10.0 Å². The molecule has 4 nitrogen and oxygen atoms in total. The molecule has 0 aliphatic rings. The third-order valence-electron chi connectivity index (χ3n) is 3.20. The lowest BCUT2D eigenvalue weighted by Gasteiger charge is -2.34. The van der Waals surface area contributed by atoms with Gasteiger partial charge in [-0.3, -0.25) is 0 Å². The first-order valence-electron chi connectivity index (χ1n) is 6.29. The molecule has 0 heterocycles. The predicted octanol–water partition coefficient (Wildman–Crippen LogP) is 1.68. The average Bonchev–Trinajstić information content (AvgIpc) is 2.21. The van der Waals surface area contributed by atoms with E-state index in [1.54, 1.807) is 7.05 Å². The molecule has 1 N–H and O–H groups in total. The Bertz CT molecular complexity index is 307. The highest BCUT2D eigenvalue weighted by molar-refractivity contribution is 7.89. The molecule has 0 aromatic rings. The van der Waals surface area contributed by atoms with Crippen LogP contribution in [0.15, 0.2) is 0 Å². The van der Waals surface area contributed by atoms with Gasteiger partial charge in [-0.05, 0) is 25.3 Å². The fraction of sp³-hybridized carbons (Fsp3) is 1.00. The van der Waals surface area contributed by atoms with Gasteiger partial charge in [0.25, 0.3) is 0 Å². The second-order valence-corrected chi connectivity index (χ2v) is 7.77. The second-order valence-electron chi connectivity index (χ2n) is 5.62. The summed E-state index contributed by atoms with van der Waals surface area (Å²) in [6, 6.07) is -0.00123. The summed E-state index contributed by atoms with van der Waals surface area (Å²) < 4.78 is 25.6. The molecule has 17 heavy (non-hydrogen) atoms. The Morgan fingerprint density at radius 2 is 1.76 bits per heavy atom. The third kappa shape index (κ3) is 5.84. The van der Waals surface area contributed by atoms with Crippen molar-refractivity contribution in [2.75, 3.05) is 25.9 Å². The van der Waals surface area contributed by atoms with Gasteiger partial charge in [0, 0.05) is 19.6 Å². The van der Waals surface area contributed by atoms with Crippen LogP contribution < -0.4 is 5.32 Å². The first-order chi connectivity index (χ1) is 7.63. The van der Waals surface area contributed by atoms with Gasteiger partial charge in [-0.1, -0.05) is 27.7 Å². The zero-order valence-electron chi connectivity index (χ0n) is 12.1. The number of nitrogens with one attached hydrogen (secondary N) is 1. The number of rotatable bonds is 7. The van der Waals surface area contributed by atoms with E-state index in [0.29, 0.717) is 6.54 Å². The van der Waals surface area contributed by atoms with E-state index in [1.807, 2.05) is 6.92 Å². The molecule has 0 fully saturated rings. The maximum absolute atomic E-state index is 12.1. The van der Waals surface area contributed by atoms with Crippen LogP contribution in [0.5, 0.6) is 0 Å². The predicted molar refractivity (Wildman–Crippen MR) is 73.6 cm³/mol. The van der Waals surface area contributed by atoms with Crippen LogP contribution in [0.3, 0.4) is 0 Å². The van der Waals surface area contributed by atoms with E-state index in [-0.39, 0.29) is 17.2 Å². The van der Waals surface area contributed by atoms with E-state index in [1.165, 1.54) is 4.31 Å². The Morgan fingerprint density at radius 3 is 2.18 bits per heavy atom. The Morgan fingerprint density at radius 1 is 1.24 bits per heavy atom. The van der Waals surface area contributed by atoms with Crippen LogP contribution in [0.1, 0.15) is 41.0 Å². The van der Waals surface area contributed by atoms with Gasteiger partial charge in [0.1, 0.15) is 0 Å². The van der Waals surface area contributed by atoms with E-state index in [2.05, 4.69) is 33.0 Å². The maximum atomic E-state index is 12.1. The van der Waals surface area contributed by atoms with Crippen molar-refractivity contribution in [3.8, 4) is 0 Å².